The van der Waals surface area contributed by atoms with Crippen LogP contribution in [-0.4, -0.2) is 31.0 Å². The number of rotatable bonds is 20. The van der Waals surface area contributed by atoms with Crippen LogP contribution in [0.25, 0.3) is 0 Å². The second-order valence-corrected chi connectivity index (χ2v) is 14.2. The molecule has 0 spiro atoms. The Bertz CT molecular complexity index is 1320. The minimum absolute atomic E-state index is 0.0132. The number of nitrogens with one attached hydrogen (secondary N) is 1. The second-order valence-electron chi connectivity index (χ2n) is 11.5. The second kappa shape index (κ2) is 18.9. The molecule has 1 aliphatic heterocycles. The standard InChI is InChI=1S/C34H49N3O4S2/c1-4-5-6-7-8-9-10-11-12-13-14-15-16-17-21-31-33(38)36-34(42-31)37-35-26-29-19-18-20-30(25-29)41-43(39,40)32-24-27(2)22-23-28(32)3/h18-20,22-26,31H,4-17,21H2,1-3H3,(H,36,37,38). The summed E-state index contributed by atoms with van der Waals surface area (Å²) in [5.74, 6) is 0.176. The number of unbranched alkanes of at least 4 members (excludes halogenated alkanes) is 13. The van der Waals surface area contributed by atoms with Crippen LogP contribution < -0.4 is 9.50 Å². The summed E-state index contributed by atoms with van der Waals surface area (Å²) in [5, 5.41) is 11.5. The van der Waals surface area contributed by atoms with Gasteiger partial charge < -0.3 is 9.50 Å². The van der Waals surface area contributed by atoms with Gasteiger partial charge in [0, 0.05) is 0 Å². The van der Waals surface area contributed by atoms with Gasteiger partial charge in [-0.2, -0.15) is 13.5 Å². The van der Waals surface area contributed by atoms with Crippen LogP contribution in [0.1, 0.15) is 120 Å². The van der Waals surface area contributed by atoms with Crippen LogP contribution in [0.5, 0.6) is 5.75 Å². The molecule has 1 aliphatic rings. The molecule has 2 aromatic rings. The van der Waals surface area contributed by atoms with Gasteiger partial charge in [-0.1, -0.05) is 133 Å². The number of thioether (sulfide) groups is 1. The lowest BCUT2D eigenvalue weighted by Crippen LogP contribution is -2.24. The van der Waals surface area contributed by atoms with Crippen molar-refractivity contribution in [1.29, 1.82) is 0 Å². The Labute approximate surface area is 263 Å². The molecule has 1 fully saturated rings. The van der Waals surface area contributed by atoms with Gasteiger partial charge in [-0.25, -0.2) is 0 Å². The van der Waals surface area contributed by atoms with Crippen LogP contribution in [-0.2, 0) is 14.9 Å². The molecule has 1 N–H and O–H groups in total. The summed E-state index contributed by atoms with van der Waals surface area (Å²) in [6, 6.07) is 11.9. The third-order valence-corrected chi connectivity index (χ3v) is 10.2. The lowest BCUT2D eigenvalue weighted by Gasteiger charge is -2.10. The van der Waals surface area contributed by atoms with Crippen molar-refractivity contribution in [3.63, 3.8) is 0 Å². The maximum atomic E-state index is 12.8. The van der Waals surface area contributed by atoms with Gasteiger partial charge in [-0.05, 0) is 55.2 Å². The lowest BCUT2D eigenvalue weighted by atomic mass is 10.0. The third kappa shape index (κ3) is 12.9. The maximum Gasteiger partial charge on any atom is 0.339 e. The summed E-state index contributed by atoms with van der Waals surface area (Å²) in [4.78, 5) is 12.5. The predicted molar refractivity (Wildman–Crippen MR) is 180 cm³/mol. The van der Waals surface area contributed by atoms with Crippen molar-refractivity contribution in [1.82, 2.24) is 5.32 Å². The van der Waals surface area contributed by atoms with Crippen molar-refractivity contribution in [3.05, 3.63) is 59.2 Å². The topological polar surface area (TPSA) is 97.2 Å². The van der Waals surface area contributed by atoms with Gasteiger partial charge in [-0.3, -0.25) is 4.79 Å². The highest BCUT2D eigenvalue weighted by molar-refractivity contribution is 8.15. The van der Waals surface area contributed by atoms with E-state index in [1.807, 2.05) is 13.0 Å². The molecule has 43 heavy (non-hydrogen) atoms. The van der Waals surface area contributed by atoms with Crippen LogP contribution in [0, 0.1) is 13.8 Å². The van der Waals surface area contributed by atoms with Gasteiger partial charge in [-0.15, -0.1) is 5.10 Å². The maximum absolute atomic E-state index is 12.8. The molecule has 3 rings (SSSR count). The van der Waals surface area contributed by atoms with E-state index in [9.17, 15) is 13.2 Å². The molecular weight excluding hydrogens is 579 g/mol. The highest BCUT2D eigenvalue weighted by atomic mass is 32.2. The fourth-order valence-corrected chi connectivity index (χ4v) is 7.32. The molecule has 1 saturated heterocycles. The normalized spacial score (nSPS) is 16.3. The summed E-state index contributed by atoms with van der Waals surface area (Å²) in [5.41, 5.74) is 2.09. The summed E-state index contributed by atoms with van der Waals surface area (Å²) >= 11 is 1.42. The number of amidine groups is 1. The number of carbonyl (C=O) groups excluding carboxylic acids is 1. The van der Waals surface area contributed by atoms with Gasteiger partial charge in [0.05, 0.1) is 11.5 Å². The third-order valence-electron chi connectivity index (χ3n) is 7.63. The average molecular weight is 628 g/mol. The molecule has 0 aromatic heterocycles. The minimum Gasteiger partial charge on any atom is -0.379 e. The molecule has 9 heteroatoms. The van der Waals surface area contributed by atoms with Crippen molar-refractivity contribution in [2.45, 2.75) is 127 Å². The van der Waals surface area contributed by atoms with Gasteiger partial charge in [0.25, 0.3) is 0 Å². The first-order valence-electron chi connectivity index (χ1n) is 16.0. The van der Waals surface area contributed by atoms with E-state index >= 15 is 0 Å². The Hall–Kier alpha value is -2.65. The quantitative estimate of drug-likeness (QED) is 0.0684. The zero-order valence-corrected chi connectivity index (χ0v) is 27.8. The molecular formula is C34H49N3O4S2. The minimum atomic E-state index is -3.97. The zero-order chi connectivity index (χ0) is 30.9. The van der Waals surface area contributed by atoms with Crippen LogP contribution in [0.4, 0.5) is 0 Å². The molecule has 0 aliphatic carbocycles. The fraction of sp³-hybridized carbons (Fsp3) is 0.559. The highest BCUT2D eigenvalue weighted by Crippen LogP contribution is 2.26. The van der Waals surface area contributed by atoms with Crippen molar-refractivity contribution in [2.75, 3.05) is 0 Å². The van der Waals surface area contributed by atoms with E-state index in [0.29, 0.717) is 16.3 Å². The number of amides is 1. The average Bonchev–Trinajstić information content (AvgIpc) is 3.33. The number of hydrogen-bond acceptors (Lipinski definition) is 7. The molecule has 236 valence electrons. The van der Waals surface area contributed by atoms with E-state index in [1.165, 1.54) is 95.0 Å². The largest absolute Gasteiger partial charge is 0.379 e. The Balaban J connectivity index is 1.33. The first kappa shape index (κ1) is 34.8. The van der Waals surface area contributed by atoms with E-state index in [4.69, 9.17) is 4.18 Å². The lowest BCUT2D eigenvalue weighted by molar-refractivity contribution is -0.118. The van der Waals surface area contributed by atoms with E-state index in [2.05, 4.69) is 22.4 Å². The molecule has 1 unspecified atom stereocenters. The molecule has 2 aromatic carbocycles. The highest BCUT2D eigenvalue weighted by Gasteiger charge is 2.29. The number of aryl methyl sites for hydroxylation is 2. The van der Waals surface area contributed by atoms with Gasteiger partial charge in [0.15, 0.2) is 5.17 Å². The Morgan fingerprint density at radius 2 is 1.49 bits per heavy atom. The van der Waals surface area contributed by atoms with Crippen LogP contribution in [0.3, 0.4) is 0 Å². The van der Waals surface area contributed by atoms with Gasteiger partial charge >= 0.3 is 10.1 Å². The summed E-state index contributed by atoms with van der Waals surface area (Å²) in [6.45, 7) is 5.84. The van der Waals surface area contributed by atoms with E-state index in [-0.39, 0.29) is 21.8 Å². The number of nitrogens with zero attached hydrogens (tertiary/aromatic N) is 2. The summed E-state index contributed by atoms with van der Waals surface area (Å²) < 4.78 is 31.1. The number of hydrogen-bond donors (Lipinski definition) is 1. The smallest absolute Gasteiger partial charge is 0.339 e. The molecule has 1 atom stereocenters. The number of carbonyl (C=O) groups is 1. The van der Waals surface area contributed by atoms with Crippen molar-refractivity contribution in [2.24, 2.45) is 10.2 Å². The molecule has 0 bridgehead atoms. The van der Waals surface area contributed by atoms with Crippen LogP contribution in [0.15, 0.2) is 57.6 Å². The van der Waals surface area contributed by atoms with Gasteiger partial charge in [0.1, 0.15) is 10.6 Å². The fourth-order valence-electron chi connectivity index (χ4n) is 5.11. The molecule has 0 radical (unpaired) electrons. The van der Waals surface area contributed by atoms with E-state index in [1.54, 1.807) is 43.3 Å². The Morgan fingerprint density at radius 1 is 0.860 bits per heavy atom. The SMILES string of the molecule is CCCCCCCCCCCCCCCCC1S/C(=N/N=Cc2cccc(OS(=O)(=O)c3cc(C)ccc3C)c2)NC1=O. The Kier molecular flexibility index (Phi) is 15.3. The van der Waals surface area contributed by atoms with Crippen LogP contribution in [0.2, 0.25) is 0 Å². The summed E-state index contributed by atoms with van der Waals surface area (Å²) in [6.07, 6.45) is 20.8. The van der Waals surface area contributed by atoms with Crippen molar-refractivity contribution < 1.29 is 17.4 Å². The molecule has 1 heterocycles. The molecule has 1 amide bonds. The Morgan fingerprint density at radius 3 is 2.14 bits per heavy atom. The predicted octanol–water partition coefficient (Wildman–Crippen LogP) is 8.86. The van der Waals surface area contributed by atoms with Crippen LogP contribution >= 0.6 is 11.8 Å². The molecule has 0 saturated carbocycles. The van der Waals surface area contributed by atoms with E-state index < -0.39 is 10.1 Å². The zero-order valence-electron chi connectivity index (χ0n) is 26.1. The summed E-state index contributed by atoms with van der Waals surface area (Å²) in [7, 11) is -3.97. The monoisotopic (exact) mass is 627 g/mol. The van der Waals surface area contributed by atoms with Crippen molar-refractivity contribution >= 4 is 39.2 Å². The first-order valence-corrected chi connectivity index (χ1v) is 18.3. The van der Waals surface area contributed by atoms with Gasteiger partial charge in [0.2, 0.25) is 5.91 Å². The first-order chi connectivity index (χ1) is 20.8. The molecule has 7 nitrogen and oxygen atoms in total. The number of benzene rings is 2. The van der Waals surface area contributed by atoms with E-state index in [0.717, 1.165) is 24.8 Å². The van der Waals surface area contributed by atoms with Crippen molar-refractivity contribution in [3.8, 4) is 5.75 Å².